The third-order valence-electron chi connectivity index (χ3n) is 5.41. The van der Waals surface area contributed by atoms with Gasteiger partial charge < -0.3 is 24.6 Å². The predicted molar refractivity (Wildman–Crippen MR) is 124 cm³/mol. The number of carbonyl (C=O) groups excluding carboxylic acids is 2. The molecule has 0 spiro atoms. The average Bonchev–Trinajstić information content (AvgIpc) is 3.43. The number of likely N-dealkylation sites (tertiary alicyclic amines) is 1. The number of aliphatic hydroxyl groups is 1. The number of phenolic OH excluding ortho intramolecular Hbond substituents is 1. The van der Waals surface area contributed by atoms with E-state index in [-0.39, 0.29) is 29.4 Å². The average molecular weight is 466 g/mol. The van der Waals surface area contributed by atoms with Gasteiger partial charge in [0.15, 0.2) is 11.5 Å². The second kappa shape index (κ2) is 9.38. The molecule has 33 heavy (non-hydrogen) atoms. The number of hydrogen-bond acceptors (Lipinski definition) is 7. The second-order valence-electron chi connectivity index (χ2n) is 7.40. The third kappa shape index (κ3) is 4.29. The Morgan fingerprint density at radius 1 is 1.12 bits per heavy atom. The van der Waals surface area contributed by atoms with Gasteiger partial charge in [-0.25, -0.2) is 0 Å². The van der Waals surface area contributed by atoms with Gasteiger partial charge in [-0.3, -0.25) is 9.59 Å². The molecular weight excluding hydrogens is 442 g/mol. The van der Waals surface area contributed by atoms with Gasteiger partial charge in [-0.15, -0.1) is 11.3 Å². The summed E-state index contributed by atoms with van der Waals surface area (Å²) >= 11 is 1.47. The summed E-state index contributed by atoms with van der Waals surface area (Å²) in [4.78, 5) is 28.5. The van der Waals surface area contributed by atoms with Crippen LogP contribution in [0.1, 0.15) is 29.0 Å². The van der Waals surface area contributed by atoms with Crippen molar-refractivity contribution in [3.63, 3.8) is 0 Å². The smallest absolute Gasteiger partial charge is 0.295 e. The number of rotatable bonds is 7. The first-order valence-electron chi connectivity index (χ1n) is 10.4. The van der Waals surface area contributed by atoms with E-state index >= 15 is 0 Å². The van der Waals surface area contributed by atoms with Gasteiger partial charge in [0.1, 0.15) is 11.5 Å². The number of nitrogens with zero attached hydrogens (tertiary/aromatic N) is 1. The maximum Gasteiger partial charge on any atom is 0.295 e. The lowest BCUT2D eigenvalue weighted by molar-refractivity contribution is -0.140. The first-order valence-corrected chi connectivity index (χ1v) is 11.2. The molecule has 0 radical (unpaired) electrons. The van der Waals surface area contributed by atoms with Crippen LogP contribution >= 0.6 is 11.3 Å². The molecule has 1 aromatic heterocycles. The quantitative estimate of drug-likeness (QED) is 0.303. The van der Waals surface area contributed by atoms with Crippen molar-refractivity contribution in [3.8, 4) is 17.2 Å². The minimum Gasteiger partial charge on any atom is -0.507 e. The van der Waals surface area contributed by atoms with E-state index in [0.717, 1.165) is 4.88 Å². The molecule has 8 heteroatoms. The van der Waals surface area contributed by atoms with Gasteiger partial charge in [0.05, 0.1) is 31.9 Å². The predicted octanol–water partition coefficient (Wildman–Crippen LogP) is 4.48. The Hall–Kier alpha value is -3.78. The van der Waals surface area contributed by atoms with Crippen LogP contribution in [0.5, 0.6) is 17.2 Å². The summed E-state index contributed by atoms with van der Waals surface area (Å²) in [6.07, 6.45) is 0. The molecule has 1 fully saturated rings. The van der Waals surface area contributed by atoms with Crippen molar-refractivity contribution < 1.29 is 29.3 Å². The number of thiophene rings is 1. The van der Waals surface area contributed by atoms with Crippen molar-refractivity contribution >= 4 is 28.8 Å². The number of phenols is 1. The van der Waals surface area contributed by atoms with Crippen molar-refractivity contribution in [2.45, 2.75) is 19.5 Å². The Morgan fingerprint density at radius 2 is 1.88 bits per heavy atom. The van der Waals surface area contributed by atoms with Gasteiger partial charge in [0.25, 0.3) is 11.7 Å². The van der Waals surface area contributed by atoms with Crippen LogP contribution in [0.4, 0.5) is 0 Å². The normalized spacial score (nSPS) is 17.4. The first-order chi connectivity index (χ1) is 15.9. The van der Waals surface area contributed by atoms with Gasteiger partial charge in [-0.1, -0.05) is 12.1 Å². The number of ketones is 1. The van der Waals surface area contributed by atoms with Crippen LogP contribution in [0.3, 0.4) is 0 Å². The topological polar surface area (TPSA) is 96.3 Å². The molecule has 3 aromatic rings. The number of aliphatic hydroxyl groups excluding tert-OH is 1. The van der Waals surface area contributed by atoms with E-state index in [1.165, 1.54) is 29.4 Å². The molecule has 0 bridgehead atoms. The molecule has 2 heterocycles. The fraction of sp³-hybridized carbons (Fsp3) is 0.200. The Labute approximate surface area is 195 Å². The number of Topliss-reactive ketones (excluding diaryl/α,β-unsaturated/α-hetero) is 1. The lowest BCUT2D eigenvalue weighted by Crippen LogP contribution is -2.28. The number of aromatic hydroxyl groups is 1. The largest absolute Gasteiger partial charge is 0.507 e. The van der Waals surface area contributed by atoms with Gasteiger partial charge >= 0.3 is 0 Å². The zero-order valence-corrected chi connectivity index (χ0v) is 19.0. The van der Waals surface area contributed by atoms with Crippen LogP contribution in [-0.4, -0.2) is 40.5 Å². The molecule has 1 aliphatic rings. The van der Waals surface area contributed by atoms with Gasteiger partial charge in [-0.2, -0.15) is 0 Å². The van der Waals surface area contributed by atoms with Crippen molar-refractivity contribution in [2.75, 3.05) is 13.7 Å². The Bertz CT molecular complexity index is 1200. The zero-order chi connectivity index (χ0) is 23.5. The summed E-state index contributed by atoms with van der Waals surface area (Å²) < 4.78 is 10.7. The number of methoxy groups -OCH3 is 1. The highest BCUT2D eigenvalue weighted by atomic mass is 32.1. The van der Waals surface area contributed by atoms with Crippen LogP contribution in [0.25, 0.3) is 5.76 Å². The minimum absolute atomic E-state index is 0.0186. The minimum atomic E-state index is -0.853. The standard InChI is InChI=1S/C25H23NO6S/c1-3-32-20-13-16(8-11-19(20)27)22-21(23(28)15-6-9-17(31-2)10-7-15)24(29)25(30)26(22)14-18-5-4-12-33-18/h4-13,22,27-28H,3,14H2,1-2H3/b23-21+. The van der Waals surface area contributed by atoms with Gasteiger partial charge in [0.2, 0.25) is 0 Å². The fourth-order valence-electron chi connectivity index (χ4n) is 3.84. The molecular formula is C25H23NO6S. The molecule has 1 atom stereocenters. The summed E-state index contributed by atoms with van der Waals surface area (Å²) in [6, 6.07) is 14.2. The van der Waals surface area contributed by atoms with Gasteiger partial charge in [-0.05, 0) is 60.3 Å². The monoisotopic (exact) mass is 465 g/mol. The SMILES string of the molecule is CCOc1cc(C2/C(=C(\O)c3ccc(OC)cc3)C(=O)C(=O)N2Cc2cccs2)ccc1O. The molecule has 4 rings (SSSR count). The summed E-state index contributed by atoms with van der Waals surface area (Å²) in [5.41, 5.74) is 0.913. The molecule has 2 aromatic carbocycles. The van der Waals surface area contributed by atoms with Crippen LogP contribution in [-0.2, 0) is 16.1 Å². The maximum absolute atomic E-state index is 13.1. The Kier molecular flexibility index (Phi) is 6.37. The molecule has 7 nitrogen and oxygen atoms in total. The summed E-state index contributed by atoms with van der Waals surface area (Å²) in [5.74, 6) is -0.959. The van der Waals surface area contributed by atoms with Crippen LogP contribution in [0, 0.1) is 0 Å². The number of ether oxygens (including phenoxy) is 2. The van der Waals surface area contributed by atoms with Crippen molar-refractivity contribution in [1.29, 1.82) is 0 Å². The van der Waals surface area contributed by atoms with Crippen LogP contribution in [0.15, 0.2) is 65.6 Å². The van der Waals surface area contributed by atoms with E-state index in [1.807, 2.05) is 17.5 Å². The molecule has 0 saturated carbocycles. The van der Waals surface area contributed by atoms with E-state index in [0.29, 0.717) is 23.5 Å². The van der Waals surface area contributed by atoms with E-state index in [9.17, 15) is 19.8 Å². The molecule has 1 aliphatic heterocycles. The van der Waals surface area contributed by atoms with Crippen molar-refractivity contribution in [2.24, 2.45) is 0 Å². The highest BCUT2D eigenvalue weighted by Crippen LogP contribution is 2.42. The van der Waals surface area contributed by atoms with E-state index in [2.05, 4.69) is 0 Å². The van der Waals surface area contributed by atoms with Crippen molar-refractivity contribution in [1.82, 2.24) is 4.90 Å². The summed E-state index contributed by atoms with van der Waals surface area (Å²) in [5, 5.41) is 23.2. The van der Waals surface area contributed by atoms with Crippen LogP contribution < -0.4 is 9.47 Å². The molecule has 1 unspecified atom stereocenters. The lowest BCUT2D eigenvalue weighted by Gasteiger charge is -2.25. The highest BCUT2D eigenvalue weighted by Gasteiger charge is 2.46. The number of carbonyl (C=O) groups is 2. The molecule has 2 N–H and O–H groups in total. The lowest BCUT2D eigenvalue weighted by atomic mass is 9.95. The highest BCUT2D eigenvalue weighted by molar-refractivity contribution is 7.09. The molecule has 170 valence electrons. The third-order valence-corrected chi connectivity index (χ3v) is 6.27. The zero-order valence-electron chi connectivity index (χ0n) is 18.1. The Morgan fingerprint density at radius 3 is 2.52 bits per heavy atom. The van der Waals surface area contributed by atoms with E-state index in [1.54, 1.807) is 43.3 Å². The first kappa shape index (κ1) is 22.4. The molecule has 1 saturated heterocycles. The number of hydrogen-bond donors (Lipinski definition) is 2. The van der Waals surface area contributed by atoms with Crippen molar-refractivity contribution in [3.05, 3.63) is 81.6 Å². The van der Waals surface area contributed by atoms with Crippen LogP contribution in [0.2, 0.25) is 0 Å². The van der Waals surface area contributed by atoms with Gasteiger partial charge in [0, 0.05) is 10.4 Å². The second-order valence-corrected chi connectivity index (χ2v) is 8.43. The number of benzene rings is 2. The van der Waals surface area contributed by atoms with E-state index < -0.39 is 17.7 Å². The maximum atomic E-state index is 13.1. The molecule has 0 aliphatic carbocycles. The molecule has 1 amide bonds. The Balaban J connectivity index is 1.87. The summed E-state index contributed by atoms with van der Waals surface area (Å²) in [7, 11) is 1.53. The fourth-order valence-corrected chi connectivity index (χ4v) is 4.54. The number of amides is 1. The van der Waals surface area contributed by atoms with E-state index in [4.69, 9.17) is 9.47 Å². The summed E-state index contributed by atoms with van der Waals surface area (Å²) in [6.45, 7) is 2.33.